The van der Waals surface area contributed by atoms with E-state index in [0.717, 1.165) is 4.88 Å². The molecule has 0 saturated carbocycles. The van der Waals surface area contributed by atoms with E-state index in [1.807, 2.05) is 17.5 Å². The van der Waals surface area contributed by atoms with Crippen LogP contribution in [0.3, 0.4) is 0 Å². The van der Waals surface area contributed by atoms with E-state index in [-0.39, 0.29) is 15.7 Å². The van der Waals surface area contributed by atoms with E-state index in [0.29, 0.717) is 10.7 Å². The first-order valence-corrected chi connectivity index (χ1v) is 8.42. The molecule has 0 bridgehead atoms. The predicted molar refractivity (Wildman–Crippen MR) is 97.0 cm³/mol. The van der Waals surface area contributed by atoms with Crippen molar-refractivity contribution >= 4 is 75.4 Å². The minimum atomic E-state index is -0.545. The molecule has 0 aliphatic carbocycles. The molecule has 1 aromatic carbocycles. The molecule has 0 unspecified atom stereocenters. The third-order valence-corrected chi connectivity index (χ3v) is 5.02. The Morgan fingerprint density at radius 3 is 2.65 bits per heavy atom. The Balaban J connectivity index is 2.07. The normalized spacial score (nSPS) is 16.9. The largest absolute Gasteiger partial charge is 0.298 e. The van der Waals surface area contributed by atoms with E-state index in [4.69, 9.17) is 35.4 Å². The summed E-state index contributed by atoms with van der Waals surface area (Å²) >= 11 is 18.7. The maximum atomic E-state index is 12.7. The van der Waals surface area contributed by atoms with Gasteiger partial charge in [-0.05, 0) is 41.9 Å². The van der Waals surface area contributed by atoms with Gasteiger partial charge in [0.05, 0.1) is 15.7 Å². The number of rotatable bonds is 2. The Labute approximate surface area is 151 Å². The minimum Gasteiger partial charge on any atom is -0.298 e. The zero-order valence-corrected chi connectivity index (χ0v) is 14.5. The quantitative estimate of drug-likeness (QED) is 0.486. The van der Waals surface area contributed by atoms with Gasteiger partial charge < -0.3 is 0 Å². The van der Waals surface area contributed by atoms with Crippen LogP contribution in [0.25, 0.3) is 6.08 Å². The number of carbonyl (C=O) groups is 2. The van der Waals surface area contributed by atoms with Gasteiger partial charge in [0.15, 0.2) is 5.11 Å². The summed E-state index contributed by atoms with van der Waals surface area (Å²) in [6.45, 7) is 0. The topological polar surface area (TPSA) is 49.4 Å². The van der Waals surface area contributed by atoms with Crippen LogP contribution in [0, 0.1) is 0 Å². The average molecular weight is 383 g/mol. The first kappa shape index (κ1) is 16.1. The Kier molecular flexibility index (Phi) is 4.50. The van der Waals surface area contributed by atoms with Gasteiger partial charge in [0, 0.05) is 4.88 Å². The summed E-state index contributed by atoms with van der Waals surface area (Å²) < 4.78 is 0. The fraction of sp³-hybridized carbons (Fsp3) is 0. The maximum absolute atomic E-state index is 12.7. The summed E-state index contributed by atoms with van der Waals surface area (Å²) in [5, 5.41) is 4.80. The van der Waals surface area contributed by atoms with Crippen molar-refractivity contribution in [3.63, 3.8) is 0 Å². The number of benzene rings is 1. The molecule has 23 heavy (non-hydrogen) atoms. The summed E-state index contributed by atoms with van der Waals surface area (Å²) in [5.41, 5.74) is 0.309. The minimum absolute atomic E-state index is 0.0166. The van der Waals surface area contributed by atoms with Crippen LogP contribution in [0.5, 0.6) is 0 Å². The molecule has 1 aromatic heterocycles. The third kappa shape index (κ3) is 3.03. The van der Waals surface area contributed by atoms with Gasteiger partial charge >= 0.3 is 0 Å². The van der Waals surface area contributed by atoms with Gasteiger partial charge in [-0.3, -0.25) is 19.8 Å². The number of nitrogens with one attached hydrogen (secondary N) is 1. The number of carbonyl (C=O) groups excluding carboxylic acids is 2. The highest BCUT2D eigenvalue weighted by molar-refractivity contribution is 7.80. The number of halogens is 2. The molecule has 116 valence electrons. The monoisotopic (exact) mass is 382 g/mol. The van der Waals surface area contributed by atoms with Crippen molar-refractivity contribution in [2.45, 2.75) is 0 Å². The Hall–Kier alpha value is -1.73. The SMILES string of the molecule is O=C1NC(=S)N(c2cccc(Cl)c2Cl)C(=O)/C1=C/c1cccs1. The second-order valence-electron chi connectivity index (χ2n) is 4.55. The van der Waals surface area contributed by atoms with E-state index in [1.54, 1.807) is 18.2 Å². The number of thiophene rings is 1. The van der Waals surface area contributed by atoms with Crippen molar-refractivity contribution < 1.29 is 9.59 Å². The molecule has 0 radical (unpaired) electrons. The number of amides is 2. The van der Waals surface area contributed by atoms with Crippen molar-refractivity contribution in [3.8, 4) is 0 Å². The molecule has 2 amide bonds. The fourth-order valence-corrected chi connectivity index (χ4v) is 3.37. The lowest BCUT2D eigenvalue weighted by atomic mass is 10.1. The molecule has 2 heterocycles. The van der Waals surface area contributed by atoms with Crippen LogP contribution in [0.2, 0.25) is 10.0 Å². The van der Waals surface area contributed by atoms with Crippen molar-refractivity contribution in [1.82, 2.24) is 5.32 Å². The van der Waals surface area contributed by atoms with Crippen molar-refractivity contribution in [2.75, 3.05) is 4.90 Å². The Bertz CT molecular complexity index is 847. The number of hydrogen-bond acceptors (Lipinski definition) is 4. The smallest absolute Gasteiger partial charge is 0.270 e. The predicted octanol–water partition coefficient (Wildman–Crippen LogP) is 3.89. The number of thiocarbonyl (C=S) groups is 1. The zero-order chi connectivity index (χ0) is 16.6. The molecule has 1 aliphatic heterocycles. The summed E-state index contributed by atoms with van der Waals surface area (Å²) in [7, 11) is 0. The Morgan fingerprint density at radius 1 is 1.17 bits per heavy atom. The summed E-state index contributed by atoms with van der Waals surface area (Å²) in [6, 6.07) is 8.50. The second-order valence-corrected chi connectivity index (χ2v) is 6.70. The van der Waals surface area contributed by atoms with Crippen LogP contribution >= 0.6 is 46.8 Å². The molecule has 2 aromatic rings. The summed E-state index contributed by atoms with van der Waals surface area (Å²) in [5.74, 6) is -1.08. The molecule has 1 aliphatic rings. The molecule has 1 N–H and O–H groups in total. The van der Waals surface area contributed by atoms with Gasteiger partial charge in [0.25, 0.3) is 11.8 Å². The number of nitrogens with zero attached hydrogens (tertiary/aromatic N) is 1. The van der Waals surface area contributed by atoms with Gasteiger partial charge in [-0.25, -0.2) is 0 Å². The molecular formula is C15H8Cl2N2O2S2. The highest BCUT2D eigenvalue weighted by atomic mass is 35.5. The molecule has 1 fully saturated rings. The summed E-state index contributed by atoms with van der Waals surface area (Å²) in [4.78, 5) is 26.8. The molecular weight excluding hydrogens is 375 g/mol. The van der Waals surface area contributed by atoms with E-state index in [9.17, 15) is 9.59 Å². The van der Waals surface area contributed by atoms with Crippen molar-refractivity contribution in [2.24, 2.45) is 0 Å². The van der Waals surface area contributed by atoms with Crippen LogP contribution in [0.1, 0.15) is 4.88 Å². The highest BCUT2D eigenvalue weighted by Crippen LogP contribution is 2.34. The van der Waals surface area contributed by atoms with E-state index in [1.165, 1.54) is 22.3 Å². The van der Waals surface area contributed by atoms with Crippen molar-refractivity contribution in [3.05, 3.63) is 56.2 Å². The standard InChI is InChI=1S/C15H8Cl2N2O2S2/c16-10-4-1-5-11(12(10)17)19-14(21)9(13(20)18-15(19)22)7-8-3-2-6-23-8/h1-7H,(H,18,20,22)/b9-7+. The van der Waals surface area contributed by atoms with Crippen LogP contribution in [-0.4, -0.2) is 16.9 Å². The fourth-order valence-electron chi connectivity index (χ4n) is 2.06. The van der Waals surface area contributed by atoms with E-state index >= 15 is 0 Å². The number of hydrogen-bond donors (Lipinski definition) is 1. The zero-order valence-electron chi connectivity index (χ0n) is 11.4. The van der Waals surface area contributed by atoms with Gasteiger partial charge in [-0.2, -0.15) is 0 Å². The Morgan fingerprint density at radius 2 is 1.96 bits per heavy atom. The lowest BCUT2D eigenvalue weighted by molar-refractivity contribution is -0.122. The van der Waals surface area contributed by atoms with Gasteiger partial charge in [0.1, 0.15) is 5.57 Å². The lowest BCUT2D eigenvalue weighted by Crippen LogP contribution is -2.54. The van der Waals surface area contributed by atoms with Gasteiger partial charge in [-0.1, -0.05) is 35.3 Å². The second kappa shape index (κ2) is 6.41. The first-order chi connectivity index (χ1) is 11.0. The molecule has 4 nitrogen and oxygen atoms in total. The van der Waals surface area contributed by atoms with Crippen LogP contribution < -0.4 is 10.2 Å². The highest BCUT2D eigenvalue weighted by Gasteiger charge is 2.35. The van der Waals surface area contributed by atoms with Gasteiger partial charge in [0.2, 0.25) is 0 Å². The van der Waals surface area contributed by atoms with Gasteiger partial charge in [-0.15, -0.1) is 11.3 Å². The van der Waals surface area contributed by atoms with Crippen molar-refractivity contribution in [1.29, 1.82) is 0 Å². The van der Waals surface area contributed by atoms with Crippen LogP contribution in [-0.2, 0) is 9.59 Å². The first-order valence-electron chi connectivity index (χ1n) is 6.38. The average Bonchev–Trinajstić information content (AvgIpc) is 3.01. The third-order valence-electron chi connectivity index (χ3n) is 3.10. The summed E-state index contributed by atoms with van der Waals surface area (Å²) in [6.07, 6.45) is 1.52. The number of anilines is 1. The molecule has 8 heteroatoms. The molecule has 3 rings (SSSR count). The van der Waals surface area contributed by atoms with Crippen LogP contribution in [0.15, 0.2) is 41.3 Å². The van der Waals surface area contributed by atoms with E-state index < -0.39 is 11.8 Å². The maximum Gasteiger partial charge on any atom is 0.270 e. The molecule has 0 spiro atoms. The van der Waals surface area contributed by atoms with Crippen LogP contribution in [0.4, 0.5) is 5.69 Å². The molecule has 1 saturated heterocycles. The lowest BCUT2D eigenvalue weighted by Gasteiger charge is -2.29. The molecule has 0 atom stereocenters. The van der Waals surface area contributed by atoms with E-state index in [2.05, 4.69) is 5.32 Å².